The zero-order valence-electron chi connectivity index (χ0n) is 14.2. The molecule has 0 spiro atoms. The first-order valence-corrected chi connectivity index (χ1v) is 8.32. The van der Waals surface area contributed by atoms with Crippen LogP contribution >= 0.6 is 0 Å². The van der Waals surface area contributed by atoms with Crippen LogP contribution in [0.25, 0.3) is 0 Å². The second-order valence-electron chi connectivity index (χ2n) is 6.37. The normalized spacial score (nSPS) is 15.5. The number of hydrogen-bond donors (Lipinski definition) is 0. The van der Waals surface area contributed by atoms with Crippen LogP contribution in [0.5, 0.6) is 0 Å². The summed E-state index contributed by atoms with van der Waals surface area (Å²) in [7, 11) is 0. The van der Waals surface area contributed by atoms with E-state index < -0.39 is 0 Å². The van der Waals surface area contributed by atoms with Crippen molar-refractivity contribution in [1.82, 2.24) is 4.90 Å². The second-order valence-corrected chi connectivity index (χ2v) is 6.37. The Kier molecular flexibility index (Phi) is 4.81. The van der Waals surface area contributed by atoms with Gasteiger partial charge in [-0.3, -0.25) is 15.0 Å². The van der Waals surface area contributed by atoms with Gasteiger partial charge < -0.3 is 4.90 Å². The van der Waals surface area contributed by atoms with E-state index in [1.807, 2.05) is 13.0 Å². The molecule has 1 heterocycles. The summed E-state index contributed by atoms with van der Waals surface area (Å²) in [6.07, 6.45) is 0. The molecule has 1 aliphatic heterocycles. The van der Waals surface area contributed by atoms with Crippen LogP contribution in [0.4, 0.5) is 11.4 Å². The summed E-state index contributed by atoms with van der Waals surface area (Å²) in [5.41, 5.74) is 4.66. The molecule has 3 rings (SSSR count). The van der Waals surface area contributed by atoms with Crippen LogP contribution in [-0.2, 0) is 6.54 Å². The van der Waals surface area contributed by atoms with E-state index in [4.69, 9.17) is 0 Å². The number of para-hydroxylation sites is 1. The van der Waals surface area contributed by atoms with E-state index in [-0.39, 0.29) is 10.6 Å². The van der Waals surface area contributed by atoms with Crippen molar-refractivity contribution in [1.29, 1.82) is 0 Å². The third-order valence-corrected chi connectivity index (χ3v) is 4.84. The van der Waals surface area contributed by atoms with Gasteiger partial charge in [-0.15, -0.1) is 0 Å². The Labute approximate surface area is 142 Å². The van der Waals surface area contributed by atoms with Crippen LogP contribution in [0, 0.1) is 24.0 Å². The van der Waals surface area contributed by atoms with Crippen molar-refractivity contribution in [3.8, 4) is 0 Å². The first kappa shape index (κ1) is 16.5. The maximum Gasteiger partial charge on any atom is 0.272 e. The molecule has 1 fully saturated rings. The fourth-order valence-corrected chi connectivity index (χ4v) is 3.35. The monoisotopic (exact) mass is 325 g/mol. The highest BCUT2D eigenvalue weighted by molar-refractivity contribution is 5.53. The van der Waals surface area contributed by atoms with Crippen molar-refractivity contribution in [3.63, 3.8) is 0 Å². The lowest BCUT2D eigenvalue weighted by atomic mass is 10.1. The maximum atomic E-state index is 11.1. The van der Waals surface area contributed by atoms with E-state index in [0.717, 1.165) is 43.9 Å². The molecule has 126 valence electrons. The summed E-state index contributed by atoms with van der Waals surface area (Å²) >= 11 is 0. The van der Waals surface area contributed by atoms with E-state index in [2.05, 4.69) is 41.0 Å². The Bertz CT molecular complexity index is 737. The molecule has 0 aromatic heterocycles. The zero-order chi connectivity index (χ0) is 17.1. The van der Waals surface area contributed by atoms with E-state index in [9.17, 15) is 10.1 Å². The van der Waals surface area contributed by atoms with Gasteiger partial charge in [0.1, 0.15) is 0 Å². The van der Waals surface area contributed by atoms with Gasteiger partial charge >= 0.3 is 0 Å². The Morgan fingerprint density at radius 3 is 2.38 bits per heavy atom. The molecule has 1 saturated heterocycles. The minimum absolute atomic E-state index is 0.214. The number of nitro groups is 1. The molecule has 0 saturated carbocycles. The third-order valence-electron chi connectivity index (χ3n) is 4.84. The van der Waals surface area contributed by atoms with E-state index in [1.165, 1.54) is 11.3 Å². The van der Waals surface area contributed by atoms with E-state index >= 15 is 0 Å². The van der Waals surface area contributed by atoms with Crippen molar-refractivity contribution in [2.45, 2.75) is 20.4 Å². The van der Waals surface area contributed by atoms with Gasteiger partial charge in [-0.25, -0.2) is 0 Å². The molecule has 1 aliphatic rings. The summed E-state index contributed by atoms with van der Waals surface area (Å²) in [6.45, 7) is 8.67. The zero-order valence-corrected chi connectivity index (χ0v) is 14.2. The van der Waals surface area contributed by atoms with Crippen molar-refractivity contribution >= 4 is 11.4 Å². The highest BCUT2D eigenvalue weighted by atomic mass is 16.6. The highest BCUT2D eigenvalue weighted by Gasteiger charge is 2.20. The highest BCUT2D eigenvalue weighted by Crippen LogP contribution is 2.24. The smallest absolute Gasteiger partial charge is 0.272 e. The van der Waals surface area contributed by atoms with Gasteiger partial charge in [0, 0.05) is 50.0 Å². The van der Waals surface area contributed by atoms with Gasteiger partial charge in [0.2, 0.25) is 0 Å². The van der Waals surface area contributed by atoms with Crippen LogP contribution < -0.4 is 4.90 Å². The number of rotatable bonds is 4. The Morgan fingerprint density at radius 1 is 1.00 bits per heavy atom. The van der Waals surface area contributed by atoms with Gasteiger partial charge in [-0.2, -0.15) is 0 Å². The van der Waals surface area contributed by atoms with Gasteiger partial charge in [-0.05, 0) is 31.0 Å². The summed E-state index contributed by atoms with van der Waals surface area (Å²) in [5.74, 6) is 0. The lowest BCUT2D eigenvalue weighted by Gasteiger charge is -2.37. The van der Waals surface area contributed by atoms with Crippen LogP contribution in [0.3, 0.4) is 0 Å². The van der Waals surface area contributed by atoms with Crippen LogP contribution in [0.15, 0.2) is 42.5 Å². The van der Waals surface area contributed by atoms with E-state index in [0.29, 0.717) is 0 Å². The minimum Gasteiger partial charge on any atom is -0.369 e. The molecule has 0 radical (unpaired) electrons. The Hall–Kier alpha value is -2.40. The third kappa shape index (κ3) is 3.41. The Balaban J connectivity index is 1.65. The molecule has 2 aromatic carbocycles. The van der Waals surface area contributed by atoms with Gasteiger partial charge in [-0.1, -0.05) is 30.3 Å². The van der Waals surface area contributed by atoms with E-state index in [1.54, 1.807) is 12.1 Å². The number of piperazine rings is 1. The van der Waals surface area contributed by atoms with Crippen molar-refractivity contribution in [3.05, 3.63) is 69.3 Å². The molecule has 0 N–H and O–H groups in total. The van der Waals surface area contributed by atoms with Gasteiger partial charge in [0.15, 0.2) is 0 Å². The fourth-order valence-electron chi connectivity index (χ4n) is 3.35. The first-order chi connectivity index (χ1) is 11.6. The molecular weight excluding hydrogens is 302 g/mol. The largest absolute Gasteiger partial charge is 0.369 e. The molecule has 0 aliphatic carbocycles. The Morgan fingerprint density at radius 2 is 1.71 bits per heavy atom. The molecule has 0 bridgehead atoms. The van der Waals surface area contributed by atoms with Crippen LogP contribution in [-0.4, -0.2) is 36.0 Å². The number of benzene rings is 2. The van der Waals surface area contributed by atoms with Crippen LogP contribution in [0.2, 0.25) is 0 Å². The molecule has 0 amide bonds. The quantitative estimate of drug-likeness (QED) is 0.637. The first-order valence-electron chi connectivity index (χ1n) is 8.32. The average molecular weight is 325 g/mol. The molecule has 24 heavy (non-hydrogen) atoms. The summed E-state index contributed by atoms with van der Waals surface area (Å²) in [4.78, 5) is 15.6. The lowest BCUT2D eigenvalue weighted by Crippen LogP contribution is -2.46. The number of anilines is 1. The molecule has 5 heteroatoms. The molecular formula is C19H23N3O2. The maximum absolute atomic E-state index is 11.1. The predicted octanol–water partition coefficient (Wildman–Crippen LogP) is 3.53. The van der Waals surface area contributed by atoms with Crippen molar-refractivity contribution in [2.75, 3.05) is 31.1 Å². The number of nitro benzene ring substituents is 1. The number of nitrogens with zero attached hydrogens (tertiary/aromatic N) is 3. The summed E-state index contributed by atoms with van der Waals surface area (Å²) in [5, 5.41) is 11.1. The predicted molar refractivity (Wildman–Crippen MR) is 96.5 cm³/mol. The topological polar surface area (TPSA) is 49.6 Å². The molecule has 5 nitrogen and oxygen atoms in total. The summed E-state index contributed by atoms with van der Waals surface area (Å²) < 4.78 is 0. The van der Waals surface area contributed by atoms with Crippen molar-refractivity contribution in [2.24, 2.45) is 0 Å². The van der Waals surface area contributed by atoms with Gasteiger partial charge in [0.05, 0.1) is 4.92 Å². The minimum atomic E-state index is -0.297. The number of hydrogen-bond acceptors (Lipinski definition) is 4. The summed E-state index contributed by atoms with van der Waals surface area (Å²) in [6, 6.07) is 13.8. The van der Waals surface area contributed by atoms with Crippen LogP contribution in [0.1, 0.15) is 16.7 Å². The molecule has 0 atom stereocenters. The number of aryl methyl sites for hydroxylation is 1. The molecule has 0 unspecified atom stereocenters. The standard InChI is InChI=1S/C19H23N3O2/c1-15-6-3-4-8-18(15)21-12-10-20(11-13-21)14-17-7-5-9-19(16(17)2)22(23)24/h3-9H,10-14H2,1-2H3. The van der Waals surface area contributed by atoms with Crippen molar-refractivity contribution < 1.29 is 4.92 Å². The lowest BCUT2D eigenvalue weighted by molar-refractivity contribution is -0.385. The van der Waals surface area contributed by atoms with Gasteiger partial charge in [0.25, 0.3) is 5.69 Å². The second kappa shape index (κ2) is 7.01. The average Bonchev–Trinajstić information content (AvgIpc) is 2.58. The fraction of sp³-hybridized carbons (Fsp3) is 0.368. The molecule has 2 aromatic rings. The SMILES string of the molecule is Cc1ccccc1N1CCN(Cc2cccc([N+](=O)[O-])c2C)CC1.